The van der Waals surface area contributed by atoms with Crippen LogP contribution < -0.4 is 5.32 Å². The summed E-state index contributed by atoms with van der Waals surface area (Å²) < 4.78 is 1.74. The third kappa shape index (κ3) is 2.59. The van der Waals surface area contributed by atoms with Gasteiger partial charge in [-0.05, 0) is 31.5 Å². The molecule has 1 aromatic heterocycles. The van der Waals surface area contributed by atoms with E-state index in [1.807, 2.05) is 13.2 Å². The zero-order valence-corrected chi connectivity index (χ0v) is 11.4. The van der Waals surface area contributed by atoms with Gasteiger partial charge in [0.1, 0.15) is 5.69 Å². The van der Waals surface area contributed by atoms with Gasteiger partial charge in [0.05, 0.1) is 12.2 Å². The second-order valence-corrected chi connectivity index (χ2v) is 4.67. The van der Waals surface area contributed by atoms with Crippen molar-refractivity contribution < 1.29 is 0 Å². The number of rotatable bonds is 4. The fourth-order valence-corrected chi connectivity index (χ4v) is 2.15. The van der Waals surface area contributed by atoms with Gasteiger partial charge in [-0.2, -0.15) is 0 Å². The van der Waals surface area contributed by atoms with Gasteiger partial charge in [0.15, 0.2) is 0 Å². The summed E-state index contributed by atoms with van der Waals surface area (Å²) in [6.45, 7) is 7.25. The van der Waals surface area contributed by atoms with Gasteiger partial charge < -0.3 is 5.32 Å². The van der Waals surface area contributed by atoms with Gasteiger partial charge in [-0.1, -0.05) is 35.9 Å². The summed E-state index contributed by atoms with van der Waals surface area (Å²) in [5, 5.41) is 11.7. The summed E-state index contributed by atoms with van der Waals surface area (Å²) >= 11 is 0. The molecule has 0 fully saturated rings. The van der Waals surface area contributed by atoms with Crippen LogP contribution in [0.25, 0.3) is 0 Å². The van der Waals surface area contributed by atoms with E-state index in [9.17, 15) is 0 Å². The third-order valence-corrected chi connectivity index (χ3v) is 3.07. The lowest BCUT2D eigenvalue weighted by atomic mass is 9.97. The van der Waals surface area contributed by atoms with Gasteiger partial charge in [0.2, 0.25) is 0 Å². The normalized spacial score (nSPS) is 12.7. The van der Waals surface area contributed by atoms with Gasteiger partial charge in [-0.3, -0.25) is 4.68 Å². The molecule has 0 amide bonds. The second-order valence-electron chi connectivity index (χ2n) is 4.67. The van der Waals surface area contributed by atoms with Crippen LogP contribution in [0.2, 0.25) is 0 Å². The molecule has 18 heavy (non-hydrogen) atoms. The quantitative estimate of drug-likeness (QED) is 0.896. The first-order valence-corrected chi connectivity index (χ1v) is 6.28. The van der Waals surface area contributed by atoms with Crippen LogP contribution in [0.4, 0.5) is 0 Å². The molecule has 2 aromatic rings. The Hall–Kier alpha value is -1.68. The largest absolute Gasteiger partial charge is 0.305 e. The van der Waals surface area contributed by atoms with Crippen LogP contribution in [0.5, 0.6) is 0 Å². The van der Waals surface area contributed by atoms with E-state index >= 15 is 0 Å². The highest BCUT2D eigenvalue weighted by Crippen LogP contribution is 2.24. The number of hydrogen-bond donors (Lipinski definition) is 1. The van der Waals surface area contributed by atoms with Gasteiger partial charge in [0, 0.05) is 7.05 Å². The molecule has 0 radical (unpaired) electrons. The van der Waals surface area contributed by atoms with E-state index in [2.05, 4.69) is 54.6 Å². The molecule has 0 bridgehead atoms. The SMILES string of the molecule is CCNC(c1cn(C)nn1)c1cc(C)ccc1C. The standard InChI is InChI=1S/C14H20N4/c1-5-15-14(13-9-18(4)17-16-13)12-8-10(2)6-7-11(12)3/h6-9,14-15H,5H2,1-4H3. The predicted molar refractivity (Wildman–Crippen MR) is 72.4 cm³/mol. The lowest BCUT2D eigenvalue weighted by Gasteiger charge is -2.18. The van der Waals surface area contributed by atoms with E-state index < -0.39 is 0 Å². The van der Waals surface area contributed by atoms with Crippen molar-refractivity contribution in [1.82, 2.24) is 20.3 Å². The maximum atomic E-state index is 4.23. The molecule has 4 heteroatoms. The Morgan fingerprint density at radius 3 is 2.72 bits per heavy atom. The minimum absolute atomic E-state index is 0.114. The predicted octanol–water partition coefficient (Wildman–Crippen LogP) is 2.13. The first-order valence-electron chi connectivity index (χ1n) is 6.28. The molecule has 4 nitrogen and oxygen atoms in total. The van der Waals surface area contributed by atoms with Crippen LogP contribution >= 0.6 is 0 Å². The molecule has 2 rings (SSSR count). The summed E-state index contributed by atoms with van der Waals surface area (Å²) in [7, 11) is 1.89. The van der Waals surface area contributed by atoms with Crippen molar-refractivity contribution in [3.63, 3.8) is 0 Å². The average molecular weight is 244 g/mol. The molecule has 0 saturated heterocycles. The van der Waals surface area contributed by atoms with Gasteiger partial charge >= 0.3 is 0 Å². The number of nitrogens with one attached hydrogen (secondary N) is 1. The van der Waals surface area contributed by atoms with Gasteiger partial charge in [-0.25, -0.2) is 0 Å². The minimum Gasteiger partial charge on any atom is -0.305 e. The maximum absolute atomic E-state index is 4.23. The Balaban J connectivity index is 2.44. The van der Waals surface area contributed by atoms with Crippen LogP contribution in [0.1, 0.15) is 35.3 Å². The summed E-state index contributed by atoms with van der Waals surface area (Å²) in [5.74, 6) is 0. The number of benzene rings is 1. The smallest absolute Gasteiger partial charge is 0.104 e. The number of aryl methyl sites for hydroxylation is 3. The Morgan fingerprint density at radius 1 is 1.33 bits per heavy atom. The van der Waals surface area contributed by atoms with E-state index in [-0.39, 0.29) is 6.04 Å². The van der Waals surface area contributed by atoms with Crippen LogP contribution in [-0.2, 0) is 7.05 Å². The van der Waals surface area contributed by atoms with Crippen molar-refractivity contribution in [2.75, 3.05) is 6.54 Å². The second kappa shape index (κ2) is 5.31. The molecule has 0 saturated carbocycles. The van der Waals surface area contributed by atoms with Crippen molar-refractivity contribution in [2.24, 2.45) is 7.05 Å². The van der Waals surface area contributed by atoms with E-state index in [1.54, 1.807) is 4.68 Å². The summed E-state index contributed by atoms with van der Waals surface area (Å²) in [6, 6.07) is 6.63. The van der Waals surface area contributed by atoms with Crippen molar-refractivity contribution >= 4 is 0 Å². The van der Waals surface area contributed by atoms with Crippen molar-refractivity contribution in [3.8, 4) is 0 Å². The molecule has 1 atom stereocenters. The van der Waals surface area contributed by atoms with Gasteiger partial charge in [-0.15, -0.1) is 5.10 Å². The molecule has 0 aliphatic carbocycles. The molecule has 1 aromatic carbocycles. The highest BCUT2D eigenvalue weighted by molar-refractivity contribution is 5.36. The van der Waals surface area contributed by atoms with Gasteiger partial charge in [0.25, 0.3) is 0 Å². The first-order chi connectivity index (χ1) is 8.61. The van der Waals surface area contributed by atoms with Crippen molar-refractivity contribution in [2.45, 2.75) is 26.8 Å². The van der Waals surface area contributed by atoms with E-state index in [0.717, 1.165) is 12.2 Å². The molecule has 1 unspecified atom stereocenters. The number of hydrogen-bond acceptors (Lipinski definition) is 3. The Morgan fingerprint density at radius 2 is 2.11 bits per heavy atom. The summed E-state index contributed by atoms with van der Waals surface area (Å²) in [6.07, 6.45) is 1.97. The van der Waals surface area contributed by atoms with E-state index in [0.29, 0.717) is 0 Å². The zero-order chi connectivity index (χ0) is 13.1. The Bertz CT molecular complexity index is 530. The molecule has 1 heterocycles. The highest BCUT2D eigenvalue weighted by Gasteiger charge is 2.18. The highest BCUT2D eigenvalue weighted by atomic mass is 15.4. The zero-order valence-electron chi connectivity index (χ0n) is 11.4. The third-order valence-electron chi connectivity index (χ3n) is 3.07. The average Bonchev–Trinajstić information content (AvgIpc) is 2.76. The van der Waals surface area contributed by atoms with Crippen molar-refractivity contribution in [3.05, 3.63) is 46.8 Å². The lowest BCUT2D eigenvalue weighted by Crippen LogP contribution is -2.23. The van der Waals surface area contributed by atoms with E-state index in [4.69, 9.17) is 0 Å². The topological polar surface area (TPSA) is 42.7 Å². The van der Waals surface area contributed by atoms with Crippen molar-refractivity contribution in [1.29, 1.82) is 0 Å². The minimum atomic E-state index is 0.114. The van der Waals surface area contributed by atoms with E-state index in [1.165, 1.54) is 16.7 Å². The molecule has 96 valence electrons. The lowest BCUT2D eigenvalue weighted by molar-refractivity contribution is 0.610. The Labute approximate surface area is 108 Å². The molecular formula is C14H20N4. The fourth-order valence-electron chi connectivity index (χ4n) is 2.15. The molecule has 0 spiro atoms. The maximum Gasteiger partial charge on any atom is 0.104 e. The van der Waals surface area contributed by atoms with Crippen LogP contribution in [0.15, 0.2) is 24.4 Å². The first kappa shape index (κ1) is 12.8. The number of nitrogens with zero attached hydrogens (tertiary/aromatic N) is 3. The van der Waals surface area contributed by atoms with Crippen LogP contribution in [-0.4, -0.2) is 21.5 Å². The monoisotopic (exact) mass is 244 g/mol. The summed E-state index contributed by atoms with van der Waals surface area (Å²) in [5.41, 5.74) is 4.78. The molecular weight excluding hydrogens is 224 g/mol. The Kier molecular flexibility index (Phi) is 3.77. The van der Waals surface area contributed by atoms with Crippen LogP contribution in [0, 0.1) is 13.8 Å². The molecule has 0 aliphatic rings. The molecule has 0 aliphatic heterocycles. The summed E-state index contributed by atoms with van der Waals surface area (Å²) in [4.78, 5) is 0. The fraction of sp³-hybridized carbons (Fsp3) is 0.429. The number of aromatic nitrogens is 3. The van der Waals surface area contributed by atoms with Crippen LogP contribution in [0.3, 0.4) is 0 Å². The molecule has 1 N–H and O–H groups in total.